The Bertz CT molecular complexity index is 896. The summed E-state index contributed by atoms with van der Waals surface area (Å²) < 4.78 is 2.95. The Morgan fingerprint density at radius 3 is 2.86 bits per heavy atom. The lowest BCUT2D eigenvalue weighted by atomic mass is 10.2. The van der Waals surface area contributed by atoms with E-state index in [4.69, 9.17) is 0 Å². The second-order valence-electron chi connectivity index (χ2n) is 4.65. The van der Waals surface area contributed by atoms with E-state index in [0.29, 0.717) is 5.52 Å². The summed E-state index contributed by atoms with van der Waals surface area (Å²) in [5.41, 5.74) is 2.01. The van der Waals surface area contributed by atoms with Crippen LogP contribution in [-0.2, 0) is 13.6 Å². The predicted octanol–water partition coefficient (Wildman–Crippen LogP) is 1.09. The number of rotatable bonds is 3. The van der Waals surface area contributed by atoms with Gasteiger partial charge in [-0.2, -0.15) is 0 Å². The molecule has 0 N–H and O–H groups in total. The van der Waals surface area contributed by atoms with Gasteiger partial charge in [0.2, 0.25) is 0 Å². The molecule has 21 heavy (non-hydrogen) atoms. The van der Waals surface area contributed by atoms with Crippen molar-refractivity contribution >= 4 is 16.7 Å². The Kier molecular flexibility index (Phi) is 2.98. The Balaban J connectivity index is 1.99. The van der Waals surface area contributed by atoms with Crippen molar-refractivity contribution in [3.63, 3.8) is 0 Å². The van der Waals surface area contributed by atoms with Gasteiger partial charge >= 0.3 is 0 Å². The standard InChI is InChI=1S/C13H11N5O3/c1-16-12-4-2-9(6-11(12)14-15-16)7-17-8-10(18(20)21)3-5-13(17)19/h2-6,8H,7H2,1H3. The third-order valence-corrected chi connectivity index (χ3v) is 3.21. The first-order valence-electron chi connectivity index (χ1n) is 6.18. The Hall–Kier alpha value is -3.03. The summed E-state index contributed by atoms with van der Waals surface area (Å²) in [4.78, 5) is 22.0. The highest BCUT2D eigenvalue weighted by atomic mass is 16.6. The van der Waals surface area contributed by atoms with Gasteiger partial charge in [-0.15, -0.1) is 5.10 Å². The lowest BCUT2D eigenvalue weighted by molar-refractivity contribution is -0.385. The molecule has 1 aromatic carbocycles. The number of benzene rings is 1. The van der Waals surface area contributed by atoms with E-state index in [9.17, 15) is 14.9 Å². The van der Waals surface area contributed by atoms with E-state index in [0.717, 1.165) is 11.1 Å². The van der Waals surface area contributed by atoms with E-state index in [1.807, 2.05) is 18.2 Å². The molecule has 2 aromatic heterocycles. The average Bonchev–Trinajstić information content (AvgIpc) is 2.82. The van der Waals surface area contributed by atoms with Crippen molar-refractivity contribution in [1.82, 2.24) is 19.6 Å². The first kappa shape index (κ1) is 13.0. The topological polar surface area (TPSA) is 95.8 Å². The van der Waals surface area contributed by atoms with Crippen LogP contribution in [0, 0.1) is 10.1 Å². The van der Waals surface area contributed by atoms with E-state index < -0.39 is 4.92 Å². The number of pyridine rings is 1. The lowest BCUT2D eigenvalue weighted by Gasteiger charge is -2.05. The molecule has 106 valence electrons. The second-order valence-corrected chi connectivity index (χ2v) is 4.65. The number of aromatic nitrogens is 4. The summed E-state index contributed by atoms with van der Waals surface area (Å²) in [6.45, 7) is 0.243. The van der Waals surface area contributed by atoms with Crippen LogP contribution in [0.3, 0.4) is 0 Å². The van der Waals surface area contributed by atoms with Crippen LogP contribution in [0.5, 0.6) is 0 Å². The fourth-order valence-electron chi connectivity index (χ4n) is 2.13. The third-order valence-electron chi connectivity index (χ3n) is 3.21. The molecule has 0 spiro atoms. The highest BCUT2D eigenvalue weighted by Gasteiger charge is 2.09. The molecule has 0 amide bonds. The minimum Gasteiger partial charge on any atom is -0.304 e. The summed E-state index contributed by atoms with van der Waals surface area (Å²) in [5, 5.41) is 18.7. The predicted molar refractivity (Wildman–Crippen MR) is 75.0 cm³/mol. The van der Waals surface area contributed by atoms with Crippen LogP contribution < -0.4 is 5.56 Å². The molecule has 8 nitrogen and oxygen atoms in total. The van der Waals surface area contributed by atoms with Gasteiger partial charge < -0.3 is 4.57 Å². The highest BCUT2D eigenvalue weighted by molar-refractivity contribution is 5.74. The SMILES string of the molecule is Cn1nnc2cc(Cn3cc([N+](=O)[O-])ccc3=O)ccc21. The van der Waals surface area contributed by atoms with E-state index >= 15 is 0 Å². The van der Waals surface area contributed by atoms with E-state index in [1.165, 1.54) is 22.9 Å². The van der Waals surface area contributed by atoms with Crippen LogP contribution in [0.2, 0.25) is 0 Å². The van der Waals surface area contributed by atoms with Crippen molar-refractivity contribution in [2.75, 3.05) is 0 Å². The summed E-state index contributed by atoms with van der Waals surface area (Å²) in [7, 11) is 1.79. The van der Waals surface area contributed by atoms with Crippen LogP contribution in [-0.4, -0.2) is 24.5 Å². The zero-order chi connectivity index (χ0) is 15.0. The molecule has 8 heteroatoms. The van der Waals surface area contributed by atoms with Crippen LogP contribution in [0.4, 0.5) is 5.69 Å². The molecule has 0 aliphatic heterocycles. The molecule has 0 bridgehead atoms. The summed E-state index contributed by atoms with van der Waals surface area (Å²) in [6.07, 6.45) is 1.24. The fraction of sp³-hybridized carbons (Fsp3) is 0.154. The van der Waals surface area contributed by atoms with Gasteiger partial charge in [-0.3, -0.25) is 14.9 Å². The maximum Gasteiger partial charge on any atom is 0.285 e. The molecule has 0 saturated heterocycles. The zero-order valence-corrected chi connectivity index (χ0v) is 11.1. The van der Waals surface area contributed by atoms with Gasteiger partial charge in [-0.05, 0) is 17.7 Å². The Morgan fingerprint density at radius 2 is 2.10 bits per heavy atom. The molecule has 3 rings (SSSR count). The lowest BCUT2D eigenvalue weighted by Crippen LogP contribution is -2.19. The molecule has 0 radical (unpaired) electrons. The quantitative estimate of drug-likeness (QED) is 0.530. The second kappa shape index (κ2) is 4.82. The number of nitro groups is 1. The number of aryl methyl sites for hydroxylation is 1. The van der Waals surface area contributed by atoms with Gasteiger partial charge in [0, 0.05) is 19.2 Å². The Labute approximate surface area is 118 Å². The normalized spacial score (nSPS) is 10.9. The first-order chi connectivity index (χ1) is 10.0. The van der Waals surface area contributed by atoms with Crippen molar-refractivity contribution in [3.8, 4) is 0 Å². The molecule has 0 aliphatic carbocycles. The average molecular weight is 285 g/mol. The number of fused-ring (bicyclic) bond motifs is 1. The molecular weight excluding hydrogens is 274 g/mol. The molecule has 0 fully saturated rings. The maximum atomic E-state index is 11.8. The van der Waals surface area contributed by atoms with E-state index in [-0.39, 0.29) is 17.8 Å². The number of hydrogen-bond acceptors (Lipinski definition) is 5. The number of hydrogen-bond donors (Lipinski definition) is 0. The van der Waals surface area contributed by atoms with Gasteiger partial charge in [-0.25, -0.2) is 4.68 Å². The van der Waals surface area contributed by atoms with Crippen LogP contribution in [0.25, 0.3) is 11.0 Å². The number of nitrogens with zero attached hydrogens (tertiary/aromatic N) is 5. The summed E-state index contributed by atoms with van der Waals surface area (Å²) in [5.74, 6) is 0. The zero-order valence-electron chi connectivity index (χ0n) is 11.1. The smallest absolute Gasteiger partial charge is 0.285 e. The van der Waals surface area contributed by atoms with Crippen molar-refractivity contribution in [3.05, 3.63) is 62.6 Å². The highest BCUT2D eigenvalue weighted by Crippen LogP contribution is 2.14. The van der Waals surface area contributed by atoms with E-state index in [2.05, 4.69) is 10.3 Å². The molecule has 0 saturated carbocycles. The minimum absolute atomic E-state index is 0.116. The van der Waals surface area contributed by atoms with Gasteiger partial charge in [-0.1, -0.05) is 11.3 Å². The minimum atomic E-state index is -0.526. The largest absolute Gasteiger partial charge is 0.304 e. The summed E-state index contributed by atoms with van der Waals surface area (Å²) >= 11 is 0. The molecule has 2 heterocycles. The van der Waals surface area contributed by atoms with Gasteiger partial charge in [0.05, 0.1) is 23.2 Å². The summed E-state index contributed by atoms with van der Waals surface area (Å²) in [6, 6.07) is 7.90. The van der Waals surface area contributed by atoms with Gasteiger partial charge in [0.25, 0.3) is 11.2 Å². The van der Waals surface area contributed by atoms with Gasteiger partial charge in [0.1, 0.15) is 5.52 Å². The maximum absolute atomic E-state index is 11.8. The molecule has 0 aliphatic rings. The van der Waals surface area contributed by atoms with Crippen molar-refractivity contribution in [2.45, 2.75) is 6.54 Å². The fourth-order valence-corrected chi connectivity index (χ4v) is 2.13. The molecule has 3 aromatic rings. The monoisotopic (exact) mass is 285 g/mol. The van der Waals surface area contributed by atoms with Crippen LogP contribution >= 0.6 is 0 Å². The van der Waals surface area contributed by atoms with Crippen LogP contribution in [0.15, 0.2) is 41.3 Å². The van der Waals surface area contributed by atoms with E-state index in [1.54, 1.807) is 11.7 Å². The van der Waals surface area contributed by atoms with Crippen molar-refractivity contribution in [2.24, 2.45) is 7.05 Å². The van der Waals surface area contributed by atoms with Crippen molar-refractivity contribution < 1.29 is 4.92 Å². The molecule has 0 unspecified atom stereocenters. The van der Waals surface area contributed by atoms with Gasteiger partial charge in [0.15, 0.2) is 0 Å². The molecular formula is C13H11N5O3. The first-order valence-corrected chi connectivity index (χ1v) is 6.18. The molecule has 0 atom stereocenters. The Morgan fingerprint density at radius 1 is 1.29 bits per heavy atom. The van der Waals surface area contributed by atoms with Crippen LogP contribution in [0.1, 0.15) is 5.56 Å². The van der Waals surface area contributed by atoms with Crippen molar-refractivity contribution in [1.29, 1.82) is 0 Å². The third kappa shape index (κ3) is 2.38.